The first-order valence-corrected chi connectivity index (χ1v) is 7.54. The molecule has 2 unspecified atom stereocenters. The van der Waals surface area contributed by atoms with E-state index in [0.29, 0.717) is 12.0 Å². The van der Waals surface area contributed by atoms with Crippen molar-refractivity contribution in [2.75, 3.05) is 6.54 Å². The zero-order valence-corrected chi connectivity index (χ0v) is 12.8. The van der Waals surface area contributed by atoms with Crippen molar-refractivity contribution in [3.63, 3.8) is 0 Å². The summed E-state index contributed by atoms with van der Waals surface area (Å²) in [5.74, 6) is 0.569. The van der Waals surface area contributed by atoms with Gasteiger partial charge in [-0.3, -0.25) is 0 Å². The molecular formula is C19H25N. The highest BCUT2D eigenvalue weighted by Crippen LogP contribution is 2.25. The first-order valence-electron chi connectivity index (χ1n) is 7.54. The Kier molecular flexibility index (Phi) is 5.37. The zero-order chi connectivity index (χ0) is 14.4. The maximum atomic E-state index is 3.63. The predicted octanol–water partition coefficient (Wildman–Crippen LogP) is 4.52. The molecule has 0 radical (unpaired) electrons. The summed E-state index contributed by atoms with van der Waals surface area (Å²) in [6.45, 7) is 7.64. The minimum atomic E-state index is 0.419. The molecule has 1 nitrogen and oxygen atoms in total. The van der Waals surface area contributed by atoms with E-state index >= 15 is 0 Å². The highest BCUT2D eigenvalue weighted by molar-refractivity contribution is 5.24. The number of rotatable bonds is 6. The molecule has 2 aromatic carbocycles. The van der Waals surface area contributed by atoms with Crippen LogP contribution in [0, 0.1) is 12.8 Å². The van der Waals surface area contributed by atoms with Gasteiger partial charge >= 0.3 is 0 Å². The Labute approximate surface area is 123 Å². The lowest BCUT2D eigenvalue weighted by atomic mass is 9.89. The lowest BCUT2D eigenvalue weighted by Gasteiger charge is -2.25. The minimum Gasteiger partial charge on any atom is -0.310 e. The Morgan fingerprint density at radius 2 is 1.60 bits per heavy atom. The van der Waals surface area contributed by atoms with Gasteiger partial charge in [-0.15, -0.1) is 0 Å². The lowest BCUT2D eigenvalue weighted by Crippen LogP contribution is -2.28. The van der Waals surface area contributed by atoms with E-state index in [-0.39, 0.29) is 0 Å². The van der Waals surface area contributed by atoms with Gasteiger partial charge in [0, 0.05) is 6.04 Å². The van der Waals surface area contributed by atoms with Crippen molar-refractivity contribution in [1.29, 1.82) is 0 Å². The molecule has 0 fully saturated rings. The van der Waals surface area contributed by atoms with Gasteiger partial charge in [0.1, 0.15) is 0 Å². The van der Waals surface area contributed by atoms with Crippen LogP contribution in [0.25, 0.3) is 0 Å². The monoisotopic (exact) mass is 267 g/mol. The van der Waals surface area contributed by atoms with Crippen molar-refractivity contribution in [2.45, 2.75) is 33.2 Å². The average Bonchev–Trinajstić information content (AvgIpc) is 2.48. The summed E-state index contributed by atoms with van der Waals surface area (Å²) in [6.07, 6.45) is 1.10. The number of nitrogens with one attached hydrogen (secondary N) is 1. The summed E-state index contributed by atoms with van der Waals surface area (Å²) in [7, 11) is 0. The summed E-state index contributed by atoms with van der Waals surface area (Å²) >= 11 is 0. The number of hydrogen-bond donors (Lipinski definition) is 1. The van der Waals surface area contributed by atoms with Gasteiger partial charge in [0.05, 0.1) is 0 Å². The zero-order valence-electron chi connectivity index (χ0n) is 12.8. The van der Waals surface area contributed by atoms with Crippen LogP contribution in [0.4, 0.5) is 0 Å². The molecule has 0 saturated heterocycles. The average molecular weight is 267 g/mol. The van der Waals surface area contributed by atoms with Crippen LogP contribution in [0.5, 0.6) is 0 Å². The summed E-state index contributed by atoms with van der Waals surface area (Å²) < 4.78 is 0. The fraction of sp³-hybridized carbons (Fsp3) is 0.368. The Balaban J connectivity index is 2.11. The molecule has 0 aromatic heterocycles. The molecule has 1 N–H and O–H groups in total. The molecule has 0 aliphatic heterocycles. The number of benzene rings is 2. The quantitative estimate of drug-likeness (QED) is 0.811. The Bertz CT molecular complexity index is 501. The third-order valence-corrected chi connectivity index (χ3v) is 3.83. The second-order valence-electron chi connectivity index (χ2n) is 5.61. The molecule has 0 heterocycles. The molecule has 106 valence electrons. The van der Waals surface area contributed by atoms with Gasteiger partial charge in [0.2, 0.25) is 0 Å². The van der Waals surface area contributed by atoms with Crippen molar-refractivity contribution in [2.24, 2.45) is 5.92 Å². The van der Waals surface area contributed by atoms with Crippen molar-refractivity contribution < 1.29 is 0 Å². The maximum Gasteiger partial charge on any atom is 0.0349 e. The standard InChI is InChI=1S/C19H25N/c1-4-20-19(18-8-6-5-7-9-18)16(3)14-17-12-10-15(2)11-13-17/h5-13,16,19-20H,4,14H2,1-3H3. The van der Waals surface area contributed by atoms with Crippen molar-refractivity contribution in [1.82, 2.24) is 5.32 Å². The summed E-state index contributed by atoms with van der Waals surface area (Å²) in [5, 5.41) is 3.63. The van der Waals surface area contributed by atoms with Gasteiger partial charge in [-0.2, -0.15) is 0 Å². The Hall–Kier alpha value is -1.60. The third-order valence-electron chi connectivity index (χ3n) is 3.83. The van der Waals surface area contributed by atoms with E-state index in [1.54, 1.807) is 0 Å². The van der Waals surface area contributed by atoms with Gasteiger partial charge < -0.3 is 5.32 Å². The van der Waals surface area contributed by atoms with E-state index in [0.717, 1.165) is 13.0 Å². The smallest absolute Gasteiger partial charge is 0.0349 e. The van der Waals surface area contributed by atoms with Crippen LogP contribution < -0.4 is 5.32 Å². The number of aryl methyl sites for hydroxylation is 1. The van der Waals surface area contributed by atoms with Crippen LogP contribution in [0.1, 0.15) is 36.6 Å². The van der Waals surface area contributed by atoms with E-state index in [9.17, 15) is 0 Å². The molecule has 0 aliphatic carbocycles. The third kappa shape index (κ3) is 3.94. The highest BCUT2D eigenvalue weighted by Gasteiger charge is 2.18. The highest BCUT2D eigenvalue weighted by atomic mass is 14.9. The first kappa shape index (κ1) is 14.8. The van der Waals surface area contributed by atoms with Crippen LogP contribution in [0.15, 0.2) is 54.6 Å². The lowest BCUT2D eigenvalue weighted by molar-refractivity contribution is 0.391. The fourth-order valence-corrected chi connectivity index (χ4v) is 2.74. The molecule has 0 amide bonds. The Morgan fingerprint density at radius 1 is 0.950 bits per heavy atom. The molecule has 0 aliphatic rings. The van der Waals surface area contributed by atoms with Crippen molar-refractivity contribution in [3.05, 3.63) is 71.3 Å². The van der Waals surface area contributed by atoms with Gasteiger partial charge in [0.15, 0.2) is 0 Å². The van der Waals surface area contributed by atoms with Crippen molar-refractivity contribution >= 4 is 0 Å². The van der Waals surface area contributed by atoms with Crippen LogP contribution in [-0.2, 0) is 6.42 Å². The second-order valence-corrected chi connectivity index (χ2v) is 5.61. The summed E-state index contributed by atoms with van der Waals surface area (Å²) in [6, 6.07) is 20.1. The molecule has 20 heavy (non-hydrogen) atoms. The second kappa shape index (κ2) is 7.25. The van der Waals surface area contributed by atoms with E-state index in [1.807, 2.05) is 0 Å². The minimum absolute atomic E-state index is 0.419. The maximum absolute atomic E-state index is 3.63. The molecule has 2 rings (SSSR count). The molecule has 0 saturated carbocycles. The number of hydrogen-bond acceptors (Lipinski definition) is 1. The molecule has 2 aromatic rings. The van der Waals surface area contributed by atoms with Crippen LogP contribution >= 0.6 is 0 Å². The summed E-state index contributed by atoms with van der Waals surface area (Å²) in [5.41, 5.74) is 4.13. The first-order chi connectivity index (χ1) is 9.70. The van der Waals surface area contributed by atoms with Crippen LogP contribution in [-0.4, -0.2) is 6.54 Å². The van der Waals surface area contributed by atoms with Crippen LogP contribution in [0.2, 0.25) is 0 Å². The van der Waals surface area contributed by atoms with Crippen molar-refractivity contribution in [3.8, 4) is 0 Å². The topological polar surface area (TPSA) is 12.0 Å². The predicted molar refractivity (Wildman–Crippen MR) is 86.9 cm³/mol. The van der Waals surface area contributed by atoms with E-state index in [2.05, 4.69) is 80.7 Å². The van der Waals surface area contributed by atoms with Gasteiger partial charge in [0.25, 0.3) is 0 Å². The largest absolute Gasteiger partial charge is 0.310 e. The molecule has 0 spiro atoms. The van der Waals surface area contributed by atoms with Gasteiger partial charge in [-0.25, -0.2) is 0 Å². The molecular weight excluding hydrogens is 242 g/mol. The molecule has 0 bridgehead atoms. The molecule has 2 atom stereocenters. The fourth-order valence-electron chi connectivity index (χ4n) is 2.74. The normalized spacial score (nSPS) is 13.9. The van der Waals surface area contributed by atoms with Gasteiger partial charge in [-0.05, 0) is 36.9 Å². The SMILES string of the molecule is CCNC(c1ccccc1)C(C)Cc1ccc(C)cc1. The van der Waals surface area contributed by atoms with E-state index in [4.69, 9.17) is 0 Å². The van der Waals surface area contributed by atoms with E-state index < -0.39 is 0 Å². The summed E-state index contributed by atoms with van der Waals surface area (Å²) in [4.78, 5) is 0. The Morgan fingerprint density at radius 3 is 2.20 bits per heavy atom. The molecule has 1 heteroatoms. The van der Waals surface area contributed by atoms with Gasteiger partial charge in [-0.1, -0.05) is 74.0 Å². The van der Waals surface area contributed by atoms with Crippen LogP contribution in [0.3, 0.4) is 0 Å². The van der Waals surface area contributed by atoms with E-state index in [1.165, 1.54) is 16.7 Å².